The topological polar surface area (TPSA) is 102 Å². The molecular formula is C27H18N2O4. The fourth-order valence-corrected chi connectivity index (χ4v) is 4.16. The van der Waals surface area contributed by atoms with Crippen molar-refractivity contribution in [3.05, 3.63) is 124 Å². The minimum atomic E-state index is -0.844. The van der Waals surface area contributed by atoms with E-state index < -0.39 is 11.7 Å². The molecule has 160 valence electrons. The van der Waals surface area contributed by atoms with Gasteiger partial charge in [0, 0.05) is 11.1 Å². The number of carbonyl (C=O) groups is 2. The van der Waals surface area contributed by atoms with Crippen molar-refractivity contribution in [2.24, 2.45) is 5.73 Å². The van der Waals surface area contributed by atoms with E-state index in [-0.39, 0.29) is 39.7 Å². The molecule has 0 radical (unpaired) electrons. The van der Waals surface area contributed by atoms with Crippen molar-refractivity contribution in [2.75, 3.05) is 0 Å². The third kappa shape index (κ3) is 3.46. The summed E-state index contributed by atoms with van der Waals surface area (Å²) in [6.07, 6.45) is 0. The van der Waals surface area contributed by atoms with Crippen molar-refractivity contribution < 1.29 is 19.1 Å². The Morgan fingerprint density at radius 3 is 2.33 bits per heavy atom. The largest absolute Gasteiger partial charge is 0.489 e. The van der Waals surface area contributed by atoms with Crippen LogP contribution in [0.25, 0.3) is 0 Å². The third-order valence-electron chi connectivity index (χ3n) is 5.73. The number of ketones is 2. The molecule has 0 aromatic heterocycles. The molecule has 3 aromatic carbocycles. The lowest BCUT2D eigenvalue weighted by Gasteiger charge is -2.31. The molecular weight excluding hydrogens is 416 g/mol. The molecule has 0 amide bonds. The highest BCUT2D eigenvalue weighted by atomic mass is 16.5. The molecule has 0 unspecified atom stereocenters. The van der Waals surface area contributed by atoms with Gasteiger partial charge in [0.15, 0.2) is 11.5 Å². The predicted molar refractivity (Wildman–Crippen MR) is 120 cm³/mol. The zero-order chi connectivity index (χ0) is 22.9. The van der Waals surface area contributed by atoms with Crippen LogP contribution in [0.15, 0.2) is 102 Å². The average molecular weight is 434 g/mol. The first kappa shape index (κ1) is 20.3. The smallest absolute Gasteiger partial charge is 0.229 e. The summed E-state index contributed by atoms with van der Waals surface area (Å²) in [4.78, 5) is 26.6. The summed E-state index contributed by atoms with van der Waals surface area (Å²) in [7, 11) is 0. The van der Waals surface area contributed by atoms with Gasteiger partial charge in [-0.3, -0.25) is 9.59 Å². The highest BCUT2D eigenvalue weighted by Crippen LogP contribution is 2.44. The number of allylic oxidation sites excluding steroid dienone is 3. The summed E-state index contributed by atoms with van der Waals surface area (Å²) >= 11 is 0. The molecule has 33 heavy (non-hydrogen) atoms. The SMILES string of the molecule is N#CC1=C(N)OC2=C(C(=O)c3ccccc3C2=O)[C@@H]1c1cccc(OCc2ccccc2)c1. The molecule has 6 heteroatoms. The molecule has 0 saturated carbocycles. The number of rotatable bonds is 4. The van der Waals surface area contributed by atoms with Crippen molar-refractivity contribution in [1.29, 1.82) is 5.26 Å². The second-order valence-electron chi connectivity index (χ2n) is 7.72. The van der Waals surface area contributed by atoms with E-state index >= 15 is 0 Å². The fourth-order valence-electron chi connectivity index (χ4n) is 4.16. The second kappa shape index (κ2) is 8.13. The Hall–Kier alpha value is -4.63. The first-order valence-electron chi connectivity index (χ1n) is 10.4. The zero-order valence-corrected chi connectivity index (χ0v) is 17.4. The number of nitriles is 1. The van der Waals surface area contributed by atoms with Crippen LogP contribution in [0.5, 0.6) is 5.75 Å². The number of hydrogen-bond donors (Lipinski definition) is 1. The monoisotopic (exact) mass is 434 g/mol. The minimum absolute atomic E-state index is 0.0782. The molecule has 0 fully saturated rings. The molecule has 0 bridgehead atoms. The highest BCUT2D eigenvalue weighted by molar-refractivity contribution is 6.27. The van der Waals surface area contributed by atoms with E-state index in [0.717, 1.165) is 5.56 Å². The lowest BCUT2D eigenvalue weighted by molar-refractivity contribution is 0.0897. The summed E-state index contributed by atoms with van der Waals surface area (Å²) in [5, 5.41) is 9.83. The van der Waals surface area contributed by atoms with Crippen LogP contribution in [0.2, 0.25) is 0 Å². The Balaban J connectivity index is 1.57. The minimum Gasteiger partial charge on any atom is -0.489 e. The molecule has 5 rings (SSSR count). The van der Waals surface area contributed by atoms with E-state index in [0.29, 0.717) is 17.9 Å². The van der Waals surface area contributed by atoms with E-state index in [1.165, 1.54) is 0 Å². The fraction of sp³-hybridized carbons (Fsp3) is 0.0741. The zero-order valence-electron chi connectivity index (χ0n) is 17.4. The van der Waals surface area contributed by atoms with Crippen molar-refractivity contribution >= 4 is 11.6 Å². The van der Waals surface area contributed by atoms with Gasteiger partial charge in [-0.15, -0.1) is 0 Å². The molecule has 0 saturated heterocycles. The van der Waals surface area contributed by atoms with Crippen LogP contribution in [0.4, 0.5) is 0 Å². The molecule has 1 aliphatic heterocycles. The van der Waals surface area contributed by atoms with Crippen molar-refractivity contribution in [1.82, 2.24) is 0 Å². The van der Waals surface area contributed by atoms with Crippen LogP contribution in [0.3, 0.4) is 0 Å². The Bertz CT molecular complexity index is 1400. The Morgan fingerprint density at radius 1 is 0.909 bits per heavy atom. The van der Waals surface area contributed by atoms with Gasteiger partial charge in [-0.05, 0) is 23.3 Å². The third-order valence-corrected chi connectivity index (χ3v) is 5.73. The standard InChI is InChI=1S/C27H18N2O4/c28-14-21-22(17-9-6-10-18(13-17)32-15-16-7-2-1-3-8-16)23-24(30)19-11-4-5-12-20(19)25(31)26(23)33-27(21)29/h1-13,22H,15,29H2/t22-/m1/s1. The predicted octanol–water partition coefficient (Wildman–Crippen LogP) is 4.41. The normalized spacial score (nSPS) is 17.1. The van der Waals surface area contributed by atoms with E-state index in [9.17, 15) is 14.9 Å². The van der Waals surface area contributed by atoms with Gasteiger partial charge in [0.05, 0.1) is 11.5 Å². The van der Waals surface area contributed by atoms with Crippen LogP contribution in [0, 0.1) is 11.3 Å². The number of Topliss-reactive ketones (excluding diaryl/α,β-unsaturated/α-hetero) is 2. The van der Waals surface area contributed by atoms with E-state index in [1.807, 2.05) is 30.3 Å². The van der Waals surface area contributed by atoms with Gasteiger partial charge in [-0.25, -0.2) is 0 Å². The molecule has 3 aromatic rings. The molecule has 1 heterocycles. The number of nitrogens with zero attached hydrogens (tertiary/aromatic N) is 1. The lowest BCUT2D eigenvalue weighted by atomic mass is 9.75. The van der Waals surface area contributed by atoms with Crippen LogP contribution in [0.1, 0.15) is 37.8 Å². The second-order valence-corrected chi connectivity index (χ2v) is 7.72. The maximum atomic E-state index is 13.4. The van der Waals surface area contributed by atoms with Crippen molar-refractivity contribution in [3.63, 3.8) is 0 Å². The quantitative estimate of drug-likeness (QED) is 0.653. The van der Waals surface area contributed by atoms with Gasteiger partial charge in [0.2, 0.25) is 11.7 Å². The van der Waals surface area contributed by atoms with Gasteiger partial charge in [0.1, 0.15) is 24.0 Å². The summed E-state index contributed by atoms with van der Waals surface area (Å²) in [5.74, 6) is -1.38. The van der Waals surface area contributed by atoms with Crippen LogP contribution in [-0.2, 0) is 11.3 Å². The lowest BCUT2D eigenvalue weighted by Crippen LogP contribution is -2.32. The number of hydrogen-bond acceptors (Lipinski definition) is 6. The maximum Gasteiger partial charge on any atom is 0.229 e. The average Bonchev–Trinajstić information content (AvgIpc) is 2.86. The molecule has 0 spiro atoms. The first-order chi connectivity index (χ1) is 16.1. The Labute approximate surface area is 190 Å². The van der Waals surface area contributed by atoms with Gasteiger partial charge >= 0.3 is 0 Å². The van der Waals surface area contributed by atoms with Gasteiger partial charge in [0.25, 0.3) is 0 Å². The summed E-state index contributed by atoms with van der Waals surface area (Å²) in [5.41, 5.74) is 8.38. The van der Waals surface area contributed by atoms with Crippen LogP contribution < -0.4 is 10.5 Å². The van der Waals surface area contributed by atoms with Gasteiger partial charge < -0.3 is 15.2 Å². The number of nitrogens with two attached hydrogens (primary N) is 1. The Morgan fingerprint density at radius 2 is 1.61 bits per heavy atom. The molecule has 2 N–H and O–H groups in total. The van der Waals surface area contributed by atoms with Crippen LogP contribution in [-0.4, -0.2) is 11.6 Å². The van der Waals surface area contributed by atoms with E-state index in [2.05, 4.69) is 6.07 Å². The first-order valence-corrected chi connectivity index (χ1v) is 10.4. The number of benzene rings is 3. The van der Waals surface area contributed by atoms with Crippen LogP contribution >= 0.6 is 0 Å². The van der Waals surface area contributed by atoms with Crippen molar-refractivity contribution in [3.8, 4) is 11.8 Å². The Kier molecular flexibility index (Phi) is 5.00. The number of carbonyl (C=O) groups excluding carboxylic acids is 2. The molecule has 1 aliphatic carbocycles. The molecule has 1 atom stereocenters. The summed E-state index contributed by atoms with van der Waals surface area (Å²) in [6.45, 7) is 0.361. The number of ether oxygens (including phenoxy) is 2. The molecule has 2 aliphatic rings. The number of fused-ring (bicyclic) bond motifs is 1. The highest BCUT2D eigenvalue weighted by Gasteiger charge is 2.43. The van der Waals surface area contributed by atoms with Crippen molar-refractivity contribution in [2.45, 2.75) is 12.5 Å². The van der Waals surface area contributed by atoms with Gasteiger partial charge in [-0.2, -0.15) is 5.26 Å². The maximum absolute atomic E-state index is 13.4. The van der Waals surface area contributed by atoms with Gasteiger partial charge in [-0.1, -0.05) is 66.7 Å². The summed E-state index contributed by atoms with van der Waals surface area (Å²) < 4.78 is 11.5. The molecule has 6 nitrogen and oxygen atoms in total. The summed E-state index contributed by atoms with van der Waals surface area (Å²) in [6, 6.07) is 25.4. The van der Waals surface area contributed by atoms with E-state index in [1.54, 1.807) is 48.5 Å². The van der Waals surface area contributed by atoms with E-state index in [4.69, 9.17) is 15.2 Å².